The van der Waals surface area contributed by atoms with Crippen molar-refractivity contribution in [1.29, 1.82) is 0 Å². The Bertz CT molecular complexity index is 745. The van der Waals surface area contributed by atoms with Crippen molar-refractivity contribution >= 4 is 15.8 Å². The third-order valence-electron chi connectivity index (χ3n) is 5.55. The summed E-state index contributed by atoms with van der Waals surface area (Å²) in [6, 6.07) is 8.41. The van der Waals surface area contributed by atoms with Crippen LogP contribution in [0.1, 0.15) is 37.3 Å². The lowest BCUT2D eigenvalue weighted by Gasteiger charge is -2.43. The van der Waals surface area contributed by atoms with Crippen molar-refractivity contribution in [3.05, 3.63) is 35.4 Å². The molecule has 1 N–H and O–H groups in total. The first-order valence-electron chi connectivity index (χ1n) is 9.24. The Kier molecular flexibility index (Phi) is 5.69. The number of sulfone groups is 1. The summed E-state index contributed by atoms with van der Waals surface area (Å²) in [6.07, 6.45) is 0.0555. The van der Waals surface area contributed by atoms with E-state index >= 15 is 0 Å². The van der Waals surface area contributed by atoms with E-state index in [1.165, 1.54) is 11.1 Å². The zero-order chi connectivity index (χ0) is 18.9. The monoisotopic (exact) mass is 380 g/mol. The Morgan fingerprint density at radius 2 is 1.69 bits per heavy atom. The van der Waals surface area contributed by atoms with Gasteiger partial charge in [0, 0.05) is 38.3 Å². The van der Waals surface area contributed by atoms with Crippen molar-refractivity contribution in [3.8, 4) is 0 Å². The molecule has 3 rings (SSSR count). The van der Waals surface area contributed by atoms with Crippen LogP contribution in [-0.4, -0.2) is 72.5 Å². The molecule has 0 bridgehead atoms. The third-order valence-corrected chi connectivity index (χ3v) is 7.25. The fourth-order valence-corrected chi connectivity index (χ4v) is 6.09. The molecule has 144 valence electrons. The van der Waals surface area contributed by atoms with Crippen LogP contribution in [0, 0.1) is 0 Å². The summed E-state index contributed by atoms with van der Waals surface area (Å²) >= 11 is 0. The average Bonchev–Trinajstić information content (AvgIpc) is 2.90. The van der Waals surface area contributed by atoms with Gasteiger partial charge in [0.2, 0.25) is 0 Å². The molecule has 26 heavy (non-hydrogen) atoms. The van der Waals surface area contributed by atoms with E-state index in [0.29, 0.717) is 19.0 Å². The lowest BCUT2D eigenvalue weighted by molar-refractivity contribution is -0.137. The molecule has 7 heteroatoms. The molecule has 2 unspecified atom stereocenters. The van der Waals surface area contributed by atoms with Crippen molar-refractivity contribution in [1.82, 2.24) is 9.80 Å². The van der Waals surface area contributed by atoms with Crippen LogP contribution in [0.5, 0.6) is 0 Å². The minimum absolute atomic E-state index is 0.0488. The summed E-state index contributed by atoms with van der Waals surface area (Å²) in [5, 5.41) is 8.94. The van der Waals surface area contributed by atoms with Gasteiger partial charge >= 0.3 is 5.97 Å². The van der Waals surface area contributed by atoms with Crippen LogP contribution in [0.4, 0.5) is 0 Å². The zero-order valence-electron chi connectivity index (χ0n) is 15.5. The van der Waals surface area contributed by atoms with Gasteiger partial charge in [-0.2, -0.15) is 0 Å². The SMILES string of the molecule is CC(C)c1ccc(CN2CCN(CCC(=O)O)C3CS(=O)(=O)CC32)cc1. The third kappa shape index (κ3) is 4.45. The first-order chi connectivity index (χ1) is 12.2. The molecule has 2 heterocycles. The average molecular weight is 381 g/mol. The number of piperazine rings is 1. The highest BCUT2D eigenvalue weighted by molar-refractivity contribution is 7.91. The summed E-state index contributed by atoms with van der Waals surface area (Å²) < 4.78 is 24.5. The molecule has 2 fully saturated rings. The van der Waals surface area contributed by atoms with E-state index in [0.717, 1.165) is 13.1 Å². The molecule has 6 nitrogen and oxygen atoms in total. The summed E-state index contributed by atoms with van der Waals surface area (Å²) in [5.41, 5.74) is 2.49. The number of nitrogens with zero attached hydrogens (tertiary/aromatic N) is 2. The van der Waals surface area contributed by atoms with Crippen LogP contribution in [0.2, 0.25) is 0 Å². The molecule has 2 saturated heterocycles. The van der Waals surface area contributed by atoms with Crippen LogP contribution < -0.4 is 0 Å². The molecule has 0 amide bonds. The molecule has 2 aliphatic heterocycles. The number of hydrogen-bond acceptors (Lipinski definition) is 5. The standard InChI is InChI=1S/C19H28N2O4S/c1-14(2)16-5-3-15(4-6-16)11-21-10-9-20(8-7-19(22)23)17-12-26(24,25)13-18(17)21/h3-6,14,17-18H,7-13H2,1-2H3,(H,22,23). The van der Waals surface area contributed by atoms with Gasteiger partial charge in [0.05, 0.1) is 17.9 Å². The van der Waals surface area contributed by atoms with E-state index < -0.39 is 15.8 Å². The number of rotatable bonds is 6. The lowest BCUT2D eigenvalue weighted by atomic mass is 10.00. The van der Waals surface area contributed by atoms with Gasteiger partial charge in [0.15, 0.2) is 9.84 Å². The van der Waals surface area contributed by atoms with Crippen molar-refractivity contribution in [2.75, 3.05) is 31.1 Å². The Morgan fingerprint density at radius 1 is 1.12 bits per heavy atom. The molecule has 1 aromatic rings. The highest BCUT2D eigenvalue weighted by atomic mass is 32.2. The van der Waals surface area contributed by atoms with E-state index in [4.69, 9.17) is 5.11 Å². The predicted octanol–water partition coefficient (Wildman–Crippen LogP) is 1.57. The number of benzene rings is 1. The quantitative estimate of drug-likeness (QED) is 0.807. The number of fused-ring (bicyclic) bond motifs is 1. The first-order valence-corrected chi connectivity index (χ1v) is 11.1. The lowest BCUT2D eigenvalue weighted by Crippen LogP contribution is -2.58. The van der Waals surface area contributed by atoms with Crippen LogP contribution in [0.15, 0.2) is 24.3 Å². The molecular formula is C19H28N2O4S. The summed E-state index contributed by atoms with van der Waals surface area (Å²) in [7, 11) is -3.07. The fraction of sp³-hybridized carbons (Fsp3) is 0.632. The van der Waals surface area contributed by atoms with E-state index in [9.17, 15) is 13.2 Å². The Balaban J connectivity index is 1.72. The number of carbonyl (C=O) groups is 1. The molecule has 1 aromatic carbocycles. The van der Waals surface area contributed by atoms with Gasteiger partial charge in [-0.15, -0.1) is 0 Å². The Labute approximate surface area is 155 Å². The minimum Gasteiger partial charge on any atom is -0.481 e. The van der Waals surface area contributed by atoms with E-state index in [1.54, 1.807) is 0 Å². The maximum Gasteiger partial charge on any atom is 0.304 e. The number of hydrogen-bond donors (Lipinski definition) is 1. The maximum atomic E-state index is 12.2. The van der Waals surface area contributed by atoms with Crippen LogP contribution in [-0.2, 0) is 21.2 Å². The van der Waals surface area contributed by atoms with Gasteiger partial charge in [0.25, 0.3) is 0 Å². The topological polar surface area (TPSA) is 77.9 Å². The second-order valence-electron chi connectivity index (χ2n) is 7.76. The summed E-state index contributed by atoms with van der Waals surface area (Å²) in [4.78, 5) is 15.2. The zero-order valence-corrected chi connectivity index (χ0v) is 16.3. The number of aliphatic carboxylic acids is 1. The molecule has 2 aliphatic rings. The molecule has 0 spiro atoms. The minimum atomic E-state index is -3.07. The molecule has 0 aliphatic carbocycles. The Morgan fingerprint density at radius 3 is 2.27 bits per heavy atom. The normalized spacial score (nSPS) is 26.1. The number of carboxylic acid groups (broad SMARTS) is 1. The second-order valence-corrected chi connectivity index (χ2v) is 9.91. The highest BCUT2D eigenvalue weighted by Crippen LogP contribution is 2.28. The molecular weight excluding hydrogens is 352 g/mol. The number of carboxylic acids is 1. The second kappa shape index (κ2) is 7.66. The van der Waals surface area contributed by atoms with Gasteiger partial charge < -0.3 is 5.11 Å². The maximum absolute atomic E-state index is 12.2. The summed E-state index contributed by atoms with van der Waals surface area (Å²) in [5.74, 6) is -0.0352. The molecule has 0 aromatic heterocycles. The molecule has 0 saturated carbocycles. The molecule has 0 radical (unpaired) electrons. The van der Waals surface area contributed by atoms with Crippen molar-refractivity contribution in [2.45, 2.75) is 44.8 Å². The van der Waals surface area contributed by atoms with Gasteiger partial charge in [-0.25, -0.2) is 8.42 Å². The highest BCUT2D eigenvalue weighted by Gasteiger charge is 2.46. The Hall–Kier alpha value is -1.44. The predicted molar refractivity (Wildman–Crippen MR) is 101 cm³/mol. The van der Waals surface area contributed by atoms with Crippen LogP contribution in [0.3, 0.4) is 0 Å². The van der Waals surface area contributed by atoms with E-state index in [2.05, 4.69) is 47.9 Å². The van der Waals surface area contributed by atoms with Gasteiger partial charge in [0.1, 0.15) is 0 Å². The van der Waals surface area contributed by atoms with Crippen molar-refractivity contribution in [3.63, 3.8) is 0 Å². The first kappa shape index (κ1) is 19.3. The van der Waals surface area contributed by atoms with Gasteiger partial charge in [-0.3, -0.25) is 14.6 Å². The van der Waals surface area contributed by atoms with Gasteiger partial charge in [-0.1, -0.05) is 38.1 Å². The largest absolute Gasteiger partial charge is 0.481 e. The summed E-state index contributed by atoms with van der Waals surface area (Å²) in [6.45, 7) is 6.97. The van der Waals surface area contributed by atoms with E-state index in [-0.39, 0.29) is 30.0 Å². The smallest absolute Gasteiger partial charge is 0.304 e. The van der Waals surface area contributed by atoms with Crippen LogP contribution >= 0.6 is 0 Å². The van der Waals surface area contributed by atoms with Crippen molar-refractivity contribution in [2.24, 2.45) is 0 Å². The van der Waals surface area contributed by atoms with Crippen LogP contribution in [0.25, 0.3) is 0 Å². The van der Waals surface area contributed by atoms with Gasteiger partial charge in [-0.05, 0) is 17.0 Å². The molecule has 2 atom stereocenters. The van der Waals surface area contributed by atoms with E-state index in [1.807, 2.05) is 0 Å². The fourth-order valence-electron chi connectivity index (χ4n) is 4.05. The van der Waals surface area contributed by atoms with Crippen molar-refractivity contribution < 1.29 is 18.3 Å².